The van der Waals surface area contributed by atoms with Crippen LogP contribution in [-0.2, 0) is 16.1 Å². The van der Waals surface area contributed by atoms with E-state index >= 15 is 0 Å². The molecule has 2 amide bonds. The van der Waals surface area contributed by atoms with Gasteiger partial charge in [-0.25, -0.2) is 5.01 Å². The second-order valence-electron chi connectivity index (χ2n) is 11.0. The van der Waals surface area contributed by atoms with E-state index in [4.69, 9.17) is 14.6 Å². The molecular weight excluding hydrogens is 492 g/mol. The van der Waals surface area contributed by atoms with Crippen LogP contribution in [0.25, 0.3) is 0 Å². The van der Waals surface area contributed by atoms with E-state index in [0.717, 1.165) is 41.1 Å². The highest BCUT2D eigenvalue weighted by Gasteiger charge is 2.24. The van der Waals surface area contributed by atoms with Gasteiger partial charge in [0.15, 0.2) is 11.5 Å². The minimum atomic E-state index is -0.0404. The number of anilines is 1. The van der Waals surface area contributed by atoms with Gasteiger partial charge in [0.05, 0.1) is 32.0 Å². The van der Waals surface area contributed by atoms with Crippen molar-refractivity contribution in [2.24, 2.45) is 5.10 Å². The number of hydrogen-bond acceptors (Lipinski definition) is 6. The van der Waals surface area contributed by atoms with Crippen LogP contribution in [0, 0.1) is 0 Å². The Morgan fingerprint density at radius 3 is 2.36 bits per heavy atom. The Hall–Kier alpha value is -3.39. The van der Waals surface area contributed by atoms with Crippen LogP contribution in [0.1, 0.15) is 77.3 Å². The number of benzene rings is 2. The standard InChI is InChI=1S/C31H42N4O4/c1-21(2)34(22(3)4)20-30(36)32-25-13-10-23(11-14-25)19-35-31(37)17-15-27(33-35)24-12-16-28(38-5)29(18-24)39-26-8-6-7-9-26/h10-14,16,18,21-22,26H,6-9,15,17,19-20H2,1-5H3,(H,32,36). The van der Waals surface area contributed by atoms with Crippen LogP contribution in [0.2, 0.25) is 0 Å². The summed E-state index contributed by atoms with van der Waals surface area (Å²) in [6.07, 6.45) is 5.72. The topological polar surface area (TPSA) is 83.5 Å². The summed E-state index contributed by atoms with van der Waals surface area (Å²) in [4.78, 5) is 27.4. The van der Waals surface area contributed by atoms with E-state index in [2.05, 4.69) is 37.9 Å². The maximum Gasteiger partial charge on any atom is 0.243 e. The molecule has 0 spiro atoms. The largest absolute Gasteiger partial charge is 0.493 e. The first-order chi connectivity index (χ1) is 18.7. The highest BCUT2D eigenvalue weighted by atomic mass is 16.5. The number of hydrazone groups is 1. The van der Waals surface area contributed by atoms with Crippen molar-refractivity contribution in [2.75, 3.05) is 19.0 Å². The molecule has 1 fully saturated rings. The number of ether oxygens (including phenoxy) is 2. The van der Waals surface area contributed by atoms with E-state index in [1.165, 1.54) is 17.9 Å². The molecule has 2 aliphatic rings. The summed E-state index contributed by atoms with van der Waals surface area (Å²) in [5, 5.41) is 9.24. The van der Waals surface area contributed by atoms with Crippen molar-refractivity contribution in [3.8, 4) is 11.5 Å². The lowest BCUT2D eigenvalue weighted by Gasteiger charge is -2.29. The maximum absolute atomic E-state index is 12.7. The van der Waals surface area contributed by atoms with Crippen LogP contribution in [0.5, 0.6) is 11.5 Å². The first kappa shape index (κ1) is 28.6. The molecule has 2 aromatic rings. The molecule has 2 aromatic carbocycles. The van der Waals surface area contributed by atoms with E-state index in [9.17, 15) is 9.59 Å². The number of hydrogen-bond donors (Lipinski definition) is 1. The molecule has 0 radical (unpaired) electrons. The molecule has 1 aliphatic heterocycles. The average Bonchev–Trinajstić information content (AvgIpc) is 3.42. The third-order valence-electron chi connectivity index (χ3n) is 7.42. The SMILES string of the molecule is COc1ccc(C2=NN(Cc3ccc(NC(=O)CN(C(C)C)C(C)C)cc3)C(=O)CC2)cc1OC1CCCC1. The molecule has 39 heavy (non-hydrogen) atoms. The Labute approximate surface area is 232 Å². The third kappa shape index (κ3) is 7.60. The lowest BCUT2D eigenvalue weighted by molar-refractivity contribution is -0.132. The van der Waals surface area contributed by atoms with Gasteiger partial charge in [0.2, 0.25) is 11.8 Å². The van der Waals surface area contributed by atoms with E-state index in [1.54, 1.807) is 7.11 Å². The smallest absolute Gasteiger partial charge is 0.243 e. The number of rotatable bonds is 11. The molecule has 4 rings (SSSR count). The second kappa shape index (κ2) is 13.1. The van der Waals surface area contributed by atoms with Gasteiger partial charge >= 0.3 is 0 Å². The molecule has 0 unspecified atom stereocenters. The minimum absolute atomic E-state index is 0.00506. The molecule has 1 heterocycles. The van der Waals surface area contributed by atoms with Gasteiger partial charge in [-0.2, -0.15) is 5.10 Å². The van der Waals surface area contributed by atoms with Gasteiger partial charge in [0.25, 0.3) is 0 Å². The first-order valence-electron chi connectivity index (χ1n) is 14.1. The summed E-state index contributed by atoms with van der Waals surface area (Å²) >= 11 is 0. The number of carbonyl (C=O) groups excluding carboxylic acids is 2. The third-order valence-corrected chi connectivity index (χ3v) is 7.42. The fourth-order valence-electron chi connectivity index (χ4n) is 5.26. The van der Waals surface area contributed by atoms with Crippen molar-refractivity contribution >= 4 is 23.2 Å². The number of nitrogens with one attached hydrogen (secondary N) is 1. The fourth-order valence-corrected chi connectivity index (χ4v) is 5.26. The van der Waals surface area contributed by atoms with Gasteiger partial charge in [0.1, 0.15) is 0 Å². The molecule has 1 N–H and O–H groups in total. The molecule has 0 aromatic heterocycles. The van der Waals surface area contributed by atoms with Gasteiger partial charge in [-0.15, -0.1) is 0 Å². The molecule has 0 atom stereocenters. The highest BCUT2D eigenvalue weighted by Crippen LogP contribution is 2.33. The van der Waals surface area contributed by atoms with Gasteiger partial charge in [-0.3, -0.25) is 14.5 Å². The number of methoxy groups -OCH3 is 1. The predicted molar refractivity (Wildman–Crippen MR) is 154 cm³/mol. The Morgan fingerprint density at radius 1 is 1.03 bits per heavy atom. The van der Waals surface area contributed by atoms with Crippen LogP contribution in [-0.4, -0.2) is 59.3 Å². The Balaban J connectivity index is 1.42. The zero-order valence-electron chi connectivity index (χ0n) is 23.9. The van der Waals surface area contributed by atoms with Crippen LogP contribution >= 0.6 is 0 Å². The number of amides is 2. The monoisotopic (exact) mass is 534 g/mol. The zero-order chi connectivity index (χ0) is 27.9. The minimum Gasteiger partial charge on any atom is -0.493 e. The van der Waals surface area contributed by atoms with Gasteiger partial charge in [-0.1, -0.05) is 12.1 Å². The van der Waals surface area contributed by atoms with E-state index < -0.39 is 0 Å². The molecule has 210 valence electrons. The molecule has 8 nitrogen and oxygen atoms in total. The summed E-state index contributed by atoms with van der Waals surface area (Å²) < 4.78 is 11.8. The second-order valence-corrected chi connectivity index (χ2v) is 11.0. The number of nitrogens with zero attached hydrogens (tertiary/aromatic N) is 3. The predicted octanol–water partition coefficient (Wildman–Crippen LogP) is 5.60. The van der Waals surface area contributed by atoms with Crippen molar-refractivity contribution < 1.29 is 19.1 Å². The molecule has 1 saturated carbocycles. The normalized spacial score (nSPS) is 16.3. The molecule has 0 bridgehead atoms. The number of carbonyl (C=O) groups is 2. The van der Waals surface area contributed by atoms with Crippen molar-refractivity contribution in [3.05, 3.63) is 53.6 Å². The van der Waals surface area contributed by atoms with E-state index in [0.29, 0.717) is 31.7 Å². The van der Waals surface area contributed by atoms with Crippen molar-refractivity contribution in [2.45, 2.75) is 91.0 Å². The summed E-state index contributed by atoms with van der Waals surface area (Å²) in [6.45, 7) is 9.08. The summed E-state index contributed by atoms with van der Waals surface area (Å²) in [6, 6.07) is 14.1. The lowest BCUT2D eigenvalue weighted by atomic mass is 10.0. The van der Waals surface area contributed by atoms with Crippen LogP contribution in [0.15, 0.2) is 47.6 Å². The fraction of sp³-hybridized carbons (Fsp3) is 0.516. The van der Waals surface area contributed by atoms with Crippen molar-refractivity contribution in [3.63, 3.8) is 0 Å². The highest BCUT2D eigenvalue weighted by molar-refractivity contribution is 6.04. The van der Waals surface area contributed by atoms with Crippen LogP contribution < -0.4 is 14.8 Å². The average molecular weight is 535 g/mol. The van der Waals surface area contributed by atoms with Crippen LogP contribution in [0.3, 0.4) is 0 Å². The van der Waals surface area contributed by atoms with Crippen LogP contribution in [0.4, 0.5) is 5.69 Å². The van der Waals surface area contributed by atoms with Crippen molar-refractivity contribution in [1.29, 1.82) is 0 Å². The van der Waals surface area contributed by atoms with Crippen molar-refractivity contribution in [1.82, 2.24) is 9.91 Å². The maximum atomic E-state index is 12.7. The lowest BCUT2D eigenvalue weighted by Crippen LogP contribution is -2.42. The Bertz CT molecular complexity index is 1160. The molecule has 8 heteroatoms. The first-order valence-corrected chi connectivity index (χ1v) is 14.1. The zero-order valence-corrected chi connectivity index (χ0v) is 23.9. The summed E-state index contributed by atoms with van der Waals surface area (Å²) in [7, 11) is 1.65. The van der Waals surface area contributed by atoms with Gasteiger partial charge < -0.3 is 14.8 Å². The molecular formula is C31H42N4O4. The Morgan fingerprint density at radius 2 is 1.72 bits per heavy atom. The van der Waals surface area contributed by atoms with E-state index in [-0.39, 0.29) is 30.0 Å². The Kier molecular flexibility index (Phi) is 9.62. The summed E-state index contributed by atoms with van der Waals surface area (Å²) in [5.74, 6) is 1.40. The molecule has 0 saturated heterocycles. The quantitative estimate of drug-likeness (QED) is 0.406. The molecule has 1 aliphatic carbocycles. The summed E-state index contributed by atoms with van der Waals surface area (Å²) in [5.41, 5.74) is 3.48. The van der Waals surface area contributed by atoms with Gasteiger partial charge in [0, 0.05) is 36.2 Å². The van der Waals surface area contributed by atoms with Gasteiger partial charge in [-0.05, 0) is 89.3 Å². The van der Waals surface area contributed by atoms with E-state index in [1.807, 2.05) is 42.5 Å².